The number of hydrogen-bond acceptors (Lipinski definition) is 6. The highest BCUT2D eigenvalue weighted by Gasteiger charge is 2.21. The molecule has 1 aliphatic heterocycles. The number of hydrogen-bond donors (Lipinski definition) is 2. The molecule has 0 saturated carbocycles. The van der Waals surface area contributed by atoms with Crippen LogP contribution in [0.1, 0.15) is 13.8 Å². The van der Waals surface area contributed by atoms with E-state index in [0.717, 1.165) is 37.7 Å². The van der Waals surface area contributed by atoms with E-state index in [1.54, 1.807) is 6.20 Å². The van der Waals surface area contributed by atoms with Gasteiger partial charge >= 0.3 is 0 Å². The molecule has 0 unspecified atom stereocenters. The van der Waals surface area contributed by atoms with Gasteiger partial charge in [0.25, 0.3) is 0 Å². The van der Waals surface area contributed by atoms with Gasteiger partial charge in [0, 0.05) is 32.4 Å². The fourth-order valence-corrected chi connectivity index (χ4v) is 2.34. The Morgan fingerprint density at radius 2 is 2.14 bits per heavy atom. The van der Waals surface area contributed by atoms with Crippen molar-refractivity contribution in [3.8, 4) is 5.75 Å². The molecule has 0 aromatic carbocycles. The quantitative estimate of drug-likeness (QED) is 0.360. The first-order chi connectivity index (χ1) is 10.1. The van der Waals surface area contributed by atoms with Crippen molar-refractivity contribution >= 4 is 11.7 Å². The van der Waals surface area contributed by atoms with Gasteiger partial charge in [0.1, 0.15) is 0 Å². The molecule has 1 aromatic rings. The van der Waals surface area contributed by atoms with Gasteiger partial charge in [-0.1, -0.05) is 5.16 Å². The number of oxime groups is 1. The number of piperazine rings is 1. The van der Waals surface area contributed by atoms with E-state index in [1.807, 2.05) is 26.0 Å². The predicted octanol–water partition coefficient (Wildman–Crippen LogP) is 0.737. The second kappa shape index (κ2) is 7.12. The third-order valence-corrected chi connectivity index (χ3v) is 3.30. The molecule has 0 spiro atoms. The number of rotatable bonds is 5. The van der Waals surface area contributed by atoms with Crippen LogP contribution in [0.25, 0.3) is 0 Å². The summed E-state index contributed by atoms with van der Waals surface area (Å²) in [7, 11) is 0. The van der Waals surface area contributed by atoms with Crippen LogP contribution in [-0.4, -0.2) is 59.8 Å². The molecule has 0 amide bonds. The van der Waals surface area contributed by atoms with Gasteiger partial charge in [-0.2, -0.15) is 0 Å². The summed E-state index contributed by atoms with van der Waals surface area (Å²) in [6.45, 7) is 7.86. The molecule has 1 aromatic heterocycles. The van der Waals surface area contributed by atoms with Crippen molar-refractivity contribution in [2.24, 2.45) is 10.9 Å². The minimum atomic E-state index is 0.120. The first-order valence-electron chi connectivity index (χ1n) is 7.15. The molecule has 2 rings (SSSR count). The molecule has 1 fully saturated rings. The molecule has 21 heavy (non-hydrogen) atoms. The van der Waals surface area contributed by atoms with E-state index >= 15 is 0 Å². The normalized spacial score (nSPS) is 17.3. The molecule has 0 atom stereocenters. The minimum Gasteiger partial charge on any atom is -0.487 e. The maximum atomic E-state index is 8.62. The zero-order chi connectivity index (χ0) is 15.2. The monoisotopic (exact) mass is 293 g/mol. The number of anilines is 1. The molecule has 2 heterocycles. The van der Waals surface area contributed by atoms with Crippen LogP contribution in [0, 0.1) is 0 Å². The van der Waals surface area contributed by atoms with Gasteiger partial charge in [-0.3, -0.25) is 4.90 Å². The first-order valence-corrected chi connectivity index (χ1v) is 7.15. The average molecular weight is 293 g/mol. The van der Waals surface area contributed by atoms with E-state index in [1.165, 1.54) is 0 Å². The van der Waals surface area contributed by atoms with E-state index < -0.39 is 0 Å². The van der Waals surface area contributed by atoms with Crippen LogP contribution in [0.5, 0.6) is 5.75 Å². The highest BCUT2D eigenvalue weighted by atomic mass is 16.5. The Morgan fingerprint density at radius 3 is 2.76 bits per heavy atom. The van der Waals surface area contributed by atoms with Crippen molar-refractivity contribution in [2.45, 2.75) is 20.0 Å². The second-order valence-electron chi connectivity index (χ2n) is 5.35. The highest BCUT2D eigenvalue weighted by Crippen LogP contribution is 2.27. The molecule has 7 nitrogen and oxygen atoms in total. The molecule has 1 aliphatic rings. The zero-order valence-corrected chi connectivity index (χ0v) is 12.6. The first kappa shape index (κ1) is 15.4. The van der Waals surface area contributed by atoms with Gasteiger partial charge in [0.05, 0.1) is 12.6 Å². The van der Waals surface area contributed by atoms with Crippen molar-refractivity contribution in [1.82, 2.24) is 9.88 Å². The lowest BCUT2D eigenvalue weighted by molar-refractivity contribution is 0.239. The van der Waals surface area contributed by atoms with E-state index in [0.29, 0.717) is 6.54 Å². The third kappa shape index (κ3) is 4.22. The smallest absolute Gasteiger partial charge is 0.171 e. The molecular formula is C14H23N5O2. The molecule has 1 saturated heterocycles. The Hall–Kier alpha value is -2.02. The highest BCUT2D eigenvalue weighted by molar-refractivity contribution is 5.81. The summed E-state index contributed by atoms with van der Waals surface area (Å²) in [5, 5.41) is 11.6. The largest absolute Gasteiger partial charge is 0.487 e. The zero-order valence-electron chi connectivity index (χ0n) is 12.6. The van der Waals surface area contributed by atoms with Crippen LogP contribution in [-0.2, 0) is 0 Å². The van der Waals surface area contributed by atoms with Gasteiger partial charge in [-0.05, 0) is 26.0 Å². The maximum Gasteiger partial charge on any atom is 0.171 e. The van der Waals surface area contributed by atoms with Crippen LogP contribution in [0.4, 0.5) is 5.82 Å². The van der Waals surface area contributed by atoms with E-state index in [9.17, 15) is 0 Å². The summed E-state index contributed by atoms with van der Waals surface area (Å²) in [5.74, 6) is 1.94. The third-order valence-electron chi connectivity index (χ3n) is 3.30. The summed E-state index contributed by atoms with van der Waals surface area (Å²) >= 11 is 0. The molecule has 7 heteroatoms. The lowest BCUT2D eigenvalue weighted by atomic mass is 10.3. The molecule has 0 bridgehead atoms. The van der Waals surface area contributed by atoms with Gasteiger partial charge < -0.3 is 20.6 Å². The Balaban J connectivity index is 1.99. The lowest BCUT2D eigenvalue weighted by Gasteiger charge is -2.35. The number of nitrogens with zero attached hydrogens (tertiary/aromatic N) is 4. The van der Waals surface area contributed by atoms with Gasteiger partial charge in [-0.15, -0.1) is 0 Å². The fraction of sp³-hybridized carbons (Fsp3) is 0.571. The standard InChI is InChI=1S/C14H23N5O2/c1-11(2)21-12-4-3-5-16-14(12)19-8-6-18(7-9-19)10-13(15)17-20/h3-5,11,20H,6-10H2,1-2H3,(H2,15,17). The summed E-state index contributed by atoms with van der Waals surface area (Å²) in [5.41, 5.74) is 5.54. The summed E-state index contributed by atoms with van der Waals surface area (Å²) in [6, 6.07) is 3.83. The van der Waals surface area contributed by atoms with Crippen molar-refractivity contribution in [3.05, 3.63) is 18.3 Å². The molecule has 0 radical (unpaired) electrons. The van der Waals surface area contributed by atoms with E-state index in [-0.39, 0.29) is 11.9 Å². The number of aromatic nitrogens is 1. The van der Waals surface area contributed by atoms with Crippen LogP contribution in [0.2, 0.25) is 0 Å². The van der Waals surface area contributed by atoms with Crippen LogP contribution in [0.3, 0.4) is 0 Å². The van der Waals surface area contributed by atoms with Crippen LogP contribution < -0.4 is 15.4 Å². The Morgan fingerprint density at radius 1 is 1.43 bits per heavy atom. The summed E-state index contributed by atoms with van der Waals surface area (Å²) in [6.07, 6.45) is 1.90. The van der Waals surface area contributed by atoms with Crippen molar-refractivity contribution < 1.29 is 9.94 Å². The topological polar surface area (TPSA) is 87.2 Å². The van der Waals surface area contributed by atoms with E-state index in [4.69, 9.17) is 15.7 Å². The lowest BCUT2D eigenvalue weighted by Crippen LogP contribution is -2.49. The van der Waals surface area contributed by atoms with Crippen LogP contribution >= 0.6 is 0 Å². The van der Waals surface area contributed by atoms with Crippen molar-refractivity contribution in [1.29, 1.82) is 0 Å². The van der Waals surface area contributed by atoms with Crippen molar-refractivity contribution in [3.63, 3.8) is 0 Å². The van der Waals surface area contributed by atoms with E-state index in [2.05, 4.69) is 19.9 Å². The molecule has 3 N–H and O–H groups in total. The number of pyridine rings is 1. The van der Waals surface area contributed by atoms with Gasteiger partial charge in [0.15, 0.2) is 17.4 Å². The minimum absolute atomic E-state index is 0.120. The summed E-state index contributed by atoms with van der Waals surface area (Å²) in [4.78, 5) is 8.81. The number of amidine groups is 1. The summed E-state index contributed by atoms with van der Waals surface area (Å²) < 4.78 is 5.82. The predicted molar refractivity (Wildman–Crippen MR) is 82.1 cm³/mol. The number of nitrogens with two attached hydrogens (primary N) is 1. The van der Waals surface area contributed by atoms with Gasteiger partial charge in [0.2, 0.25) is 0 Å². The second-order valence-corrected chi connectivity index (χ2v) is 5.35. The van der Waals surface area contributed by atoms with Crippen LogP contribution in [0.15, 0.2) is 23.5 Å². The Labute approximate surface area is 125 Å². The Kier molecular flexibility index (Phi) is 5.21. The Bertz CT molecular complexity index is 484. The van der Waals surface area contributed by atoms with Crippen molar-refractivity contribution in [2.75, 3.05) is 37.6 Å². The molecular weight excluding hydrogens is 270 g/mol. The van der Waals surface area contributed by atoms with Gasteiger partial charge in [-0.25, -0.2) is 4.98 Å². The average Bonchev–Trinajstić information content (AvgIpc) is 2.48. The fourth-order valence-electron chi connectivity index (χ4n) is 2.34. The molecule has 116 valence electrons. The number of ether oxygens (including phenoxy) is 1. The maximum absolute atomic E-state index is 8.62. The SMILES string of the molecule is CC(C)Oc1cccnc1N1CCN(C/C(N)=N/O)CC1. The molecule has 0 aliphatic carbocycles.